The van der Waals surface area contributed by atoms with Gasteiger partial charge in [0.2, 0.25) is 0 Å². The molecule has 1 amide bonds. The first kappa shape index (κ1) is 15.4. The summed E-state index contributed by atoms with van der Waals surface area (Å²) in [6.07, 6.45) is 0. The van der Waals surface area contributed by atoms with E-state index in [9.17, 15) is 14.7 Å². The lowest BCUT2D eigenvalue weighted by atomic mass is 9.81. The third-order valence-corrected chi connectivity index (χ3v) is 5.87. The molecule has 0 spiro atoms. The number of carboxylic acids is 1. The van der Waals surface area contributed by atoms with Gasteiger partial charge in [-0.1, -0.05) is 13.8 Å². The molecule has 2 atom stereocenters. The molecular formula is C15H21N3O3S. The first-order valence-corrected chi connectivity index (χ1v) is 8.38. The fraction of sp³-hybridized carbons (Fsp3) is 0.667. The number of hydrogen-bond acceptors (Lipinski definition) is 5. The summed E-state index contributed by atoms with van der Waals surface area (Å²) in [5, 5.41) is 12.4. The minimum absolute atomic E-state index is 0.00200. The molecule has 22 heavy (non-hydrogen) atoms. The van der Waals surface area contributed by atoms with Crippen LogP contribution < -0.4 is 0 Å². The first-order valence-electron chi connectivity index (χ1n) is 7.50. The van der Waals surface area contributed by atoms with Crippen LogP contribution in [-0.2, 0) is 4.79 Å². The van der Waals surface area contributed by atoms with E-state index in [1.807, 2.05) is 25.8 Å². The van der Waals surface area contributed by atoms with Crippen LogP contribution in [0.3, 0.4) is 0 Å². The Morgan fingerprint density at radius 1 is 1.41 bits per heavy atom. The maximum Gasteiger partial charge on any atom is 0.313 e. The van der Waals surface area contributed by atoms with Gasteiger partial charge in [0, 0.05) is 43.4 Å². The third-order valence-electron chi connectivity index (χ3n) is 4.73. The normalized spacial score (nSPS) is 28.4. The van der Waals surface area contributed by atoms with Crippen molar-refractivity contribution in [2.45, 2.75) is 19.8 Å². The van der Waals surface area contributed by atoms with Crippen molar-refractivity contribution >= 4 is 23.2 Å². The lowest BCUT2D eigenvalue weighted by Gasteiger charge is -2.23. The SMILES string of the molecule is CC(C)c1nc(C(=O)N2C[C@@H]3CN(C)C[C@]3(C(=O)O)C2)cs1. The van der Waals surface area contributed by atoms with Crippen LogP contribution in [0.1, 0.15) is 35.3 Å². The number of amides is 1. The van der Waals surface area contributed by atoms with E-state index in [0.717, 1.165) is 11.6 Å². The van der Waals surface area contributed by atoms with E-state index in [2.05, 4.69) is 4.98 Å². The molecule has 120 valence electrons. The van der Waals surface area contributed by atoms with Crippen molar-refractivity contribution in [3.63, 3.8) is 0 Å². The average molecular weight is 323 g/mol. The lowest BCUT2D eigenvalue weighted by Crippen LogP contribution is -2.41. The zero-order chi connectivity index (χ0) is 16.1. The fourth-order valence-electron chi connectivity index (χ4n) is 3.59. The Bertz CT molecular complexity index is 615. The van der Waals surface area contributed by atoms with Crippen molar-refractivity contribution in [3.8, 4) is 0 Å². The molecule has 2 aliphatic heterocycles. The Morgan fingerprint density at radius 3 is 2.68 bits per heavy atom. The number of carbonyl (C=O) groups excluding carboxylic acids is 1. The Morgan fingerprint density at radius 2 is 2.14 bits per heavy atom. The number of thiazole rings is 1. The fourth-order valence-corrected chi connectivity index (χ4v) is 4.40. The third kappa shape index (κ3) is 2.32. The summed E-state index contributed by atoms with van der Waals surface area (Å²) >= 11 is 1.49. The summed E-state index contributed by atoms with van der Waals surface area (Å²) < 4.78 is 0. The van der Waals surface area contributed by atoms with Gasteiger partial charge in [0.15, 0.2) is 0 Å². The molecule has 0 unspecified atom stereocenters. The molecule has 1 aromatic heterocycles. The van der Waals surface area contributed by atoms with Gasteiger partial charge in [0.1, 0.15) is 11.1 Å². The maximum absolute atomic E-state index is 12.6. The molecule has 0 aromatic carbocycles. The van der Waals surface area contributed by atoms with Gasteiger partial charge in [-0.3, -0.25) is 9.59 Å². The molecule has 7 heteroatoms. The van der Waals surface area contributed by atoms with Gasteiger partial charge < -0.3 is 14.9 Å². The second kappa shape index (κ2) is 5.31. The van der Waals surface area contributed by atoms with Gasteiger partial charge in [-0.2, -0.15) is 0 Å². The van der Waals surface area contributed by atoms with Gasteiger partial charge in [0.25, 0.3) is 5.91 Å². The number of fused-ring (bicyclic) bond motifs is 1. The smallest absolute Gasteiger partial charge is 0.313 e. The quantitative estimate of drug-likeness (QED) is 0.909. The van der Waals surface area contributed by atoms with Crippen LogP contribution in [0.25, 0.3) is 0 Å². The molecule has 0 aliphatic carbocycles. The zero-order valence-electron chi connectivity index (χ0n) is 13.1. The number of rotatable bonds is 3. The van der Waals surface area contributed by atoms with E-state index >= 15 is 0 Å². The summed E-state index contributed by atoms with van der Waals surface area (Å²) in [4.78, 5) is 32.5. The van der Waals surface area contributed by atoms with E-state index in [4.69, 9.17) is 0 Å². The second-order valence-corrected chi connectivity index (χ2v) is 7.66. The van der Waals surface area contributed by atoms with Crippen LogP contribution in [0, 0.1) is 11.3 Å². The van der Waals surface area contributed by atoms with Crippen LogP contribution >= 0.6 is 11.3 Å². The number of aliphatic carboxylic acids is 1. The Hall–Kier alpha value is -1.47. The summed E-state index contributed by atoms with van der Waals surface area (Å²) in [7, 11) is 1.94. The van der Waals surface area contributed by atoms with Gasteiger partial charge in [-0.05, 0) is 7.05 Å². The van der Waals surface area contributed by atoms with Crippen LogP contribution in [-0.4, -0.2) is 65.0 Å². The number of likely N-dealkylation sites (tertiary alicyclic amines) is 2. The zero-order valence-corrected chi connectivity index (χ0v) is 13.9. The monoisotopic (exact) mass is 323 g/mol. The van der Waals surface area contributed by atoms with E-state index in [1.54, 1.807) is 10.3 Å². The molecule has 0 bridgehead atoms. The molecule has 1 N–H and O–H groups in total. The van der Waals surface area contributed by atoms with Gasteiger partial charge in [-0.25, -0.2) is 4.98 Å². The highest BCUT2D eigenvalue weighted by Gasteiger charge is 2.57. The van der Waals surface area contributed by atoms with E-state index in [1.165, 1.54) is 11.3 Å². The first-order chi connectivity index (χ1) is 10.3. The molecule has 2 saturated heterocycles. The van der Waals surface area contributed by atoms with Crippen LogP contribution in [0.15, 0.2) is 5.38 Å². The van der Waals surface area contributed by atoms with Crippen molar-refractivity contribution in [1.82, 2.24) is 14.8 Å². The summed E-state index contributed by atoms with van der Waals surface area (Å²) in [5.41, 5.74) is -0.371. The highest BCUT2D eigenvalue weighted by atomic mass is 32.1. The van der Waals surface area contributed by atoms with Crippen molar-refractivity contribution in [2.75, 3.05) is 33.2 Å². The molecule has 2 fully saturated rings. The highest BCUT2D eigenvalue weighted by Crippen LogP contribution is 2.42. The number of carbonyl (C=O) groups is 2. The molecule has 1 aromatic rings. The molecule has 6 nitrogen and oxygen atoms in total. The maximum atomic E-state index is 12.6. The number of aromatic nitrogens is 1. The molecule has 3 heterocycles. The van der Waals surface area contributed by atoms with Gasteiger partial charge >= 0.3 is 5.97 Å². The summed E-state index contributed by atoms with van der Waals surface area (Å²) in [6.45, 7) is 6.11. The largest absolute Gasteiger partial charge is 0.481 e. The Kier molecular flexibility index (Phi) is 3.72. The molecule has 3 rings (SSSR count). The Balaban J connectivity index is 1.80. The van der Waals surface area contributed by atoms with Crippen LogP contribution in [0.5, 0.6) is 0 Å². The Labute approximate surface area is 133 Å². The standard InChI is InChI=1S/C15H21N3O3S/c1-9(2)12-16-11(6-22-12)13(19)18-5-10-4-17(3)7-15(10,8-18)14(20)21/h6,9-10H,4-5,7-8H2,1-3H3,(H,20,21)/t10-,15-/m0/s1. The molecular weight excluding hydrogens is 302 g/mol. The highest BCUT2D eigenvalue weighted by molar-refractivity contribution is 7.09. The number of carboxylic acid groups (broad SMARTS) is 1. The van der Waals surface area contributed by atoms with Crippen molar-refractivity contribution in [2.24, 2.45) is 11.3 Å². The lowest BCUT2D eigenvalue weighted by molar-refractivity contribution is -0.148. The van der Waals surface area contributed by atoms with Gasteiger partial charge in [0.05, 0.1) is 5.01 Å². The number of hydrogen-bond donors (Lipinski definition) is 1. The minimum atomic E-state index is -0.818. The summed E-state index contributed by atoms with van der Waals surface area (Å²) in [5.74, 6) is -0.634. The van der Waals surface area contributed by atoms with Gasteiger partial charge in [-0.15, -0.1) is 11.3 Å². The predicted molar refractivity (Wildman–Crippen MR) is 83.2 cm³/mol. The molecule has 0 radical (unpaired) electrons. The summed E-state index contributed by atoms with van der Waals surface area (Å²) in [6, 6.07) is 0. The van der Waals surface area contributed by atoms with Crippen molar-refractivity contribution < 1.29 is 14.7 Å². The predicted octanol–water partition coefficient (Wildman–Crippen LogP) is 1.35. The van der Waals surface area contributed by atoms with E-state index < -0.39 is 11.4 Å². The minimum Gasteiger partial charge on any atom is -0.481 e. The van der Waals surface area contributed by atoms with Crippen LogP contribution in [0.4, 0.5) is 0 Å². The average Bonchev–Trinajstić information content (AvgIpc) is 3.09. The topological polar surface area (TPSA) is 73.7 Å². The van der Waals surface area contributed by atoms with Crippen molar-refractivity contribution in [1.29, 1.82) is 0 Å². The van der Waals surface area contributed by atoms with Crippen LogP contribution in [0.2, 0.25) is 0 Å². The number of nitrogens with zero attached hydrogens (tertiary/aromatic N) is 3. The van der Waals surface area contributed by atoms with E-state index in [0.29, 0.717) is 24.7 Å². The molecule has 2 aliphatic rings. The van der Waals surface area contributed by atoms with E-state index in [-0.39, 0.29) is 18.4 Å². The van der Waals surface area contributed by atoms with Crippen molar-refractivity contribution in [3.05, 3.63) is 16.1 Å². The second-order valence-electron chi connectivity index (χ2n) is 6.77. The molecule has 0 saturated carbocycles.